The molecule has 0 aliphatic carbocycles. The number of amidine groups is 1. The maximum atomic E-state index is 13.1. The molecule has 0 radical (unpaired) electrons. The van der Waals surface area contributed by atoms with Crippen molar-refractivity contribution in [3.05, 3.63) is 95.6 Å². The van der Waals surface area contributed by atoms with Gasteiger partial charge in [0.1, 0.15) is 17.7 Å². The van der Waals surface area contributed by atoms with E-state index in [1.807, 2.05) is 42.5 Å². The van der Waals surface area contributed by atoms with Crippen molar-refractivity contribution in [2.45, 2.75) is 49.1 Å². The van der Waals surface area contributed by atoms with Crippen LogP contribution in [0.4, 0.5) is 0 Å². The van der Waals surface area contributed by atoms with Gasteiger partial charge in [-0.3, -0.25) is 5.41 Å². The molecule has 0 aromatic heterocycles. The van der Waals surface area contributed by atoms with E-state index < -0.39 is 10.0 Å². The van der Waals surface area contributed by atoms with E-state index in [0.717, 1.165) is 42.8 Å². The molecule has 1 aliphatic rings. The van der Waals surface area contributed by atoms with Crippen molar-refractivity contribution in [2.75, 3.05) is 13.1 Å². The third kappa shape index (κ3) is 7.40. The fourth-order valence-electron chi connectivity index (χ4n) is 4.42. The Morgan fingerprint density at radius 2 is 1.72 bits per heavy atom. The third-order valence-electron chi connectivity index (χ3n) is 6.39. The highest BCUT2D eigenvalue weighted by Gasteiger charge is 2.21. The number of piperidine rings is 1. The van der Waals surface area contributed by atoms with Crippen LogP contribution in [0.2, 0.25) is 0 Å². The van der Waals surface area contributed by atoms with E-state index >= 15 is 0 Å². The molecule has 1 aliphatic heterocycles. The number of ether oxygens (including phenoxy) is 1. The fraction of sp³-hybridized carbons (Fsp3) is 0.321. The number of nitrogens with one attached hydrogen (secondary N) is 3. The summed E-state index contributed by atoms with van der Waals surface area (Å²) in [6.07, 6.45) is 4.02. The molecule has 8 heteroatoms. The first kappa shape index (κ1) is 25.9. The second-order valence-electron chi connectivity index (χ2n) is 9.20. The SMILES string of the molecule is N=C(N)c1cccc(CC[C@H](Cc2ccc(OC3CCNCC3)cc2)NS(=O)(=O)c2ccccc2)c1. The Labute approximate surface area is 213 Å². The van der Waals surface area contributed by atoms with Gasteiger partial charge in [-0.25, -0.2) is 13.1 Å². The van der Waals surface area contributed by atoms with Crippen LogP contribution in [0.25, 0.3) is 0 Å². The van der Waals surface area contributed by atoms with Crippen molar-refractivity contribution in [3.8, 4) is 5.75 Å². The number of rotatable bonds is 11. The largest absolute Gasteiger partial charge is 0.490 e. The molecule has 36 heavy (non-hydrogen) atoms. The lowest BCUT2D eigenvalue weighted by molar-refractivity contribution is 0.162. The Hall–Kier alpha value is -3.20. The summed E-state index contributed by atoms with van der Waals surface area (Å²) >= 11 is 0. The van der Waals surface area contributed by atoms with Crippen LogP contribution in [0, 0.1) is 5.41 Å². The monoisotopic (exact) mass is 506 g/mol. The number of aryl methyl sites for hydroxylation is 1. The standard InChI is InChI=1S/C28H34N4O3S/c29-28(30)23-6-4-5-21(19-23)9-12-24(32-36(33,34)27-7-2-1-3-8-27)20-22-10-13-25(14-11-22)35-26-15-17-31-18-16-26/h1-8,10-11,13-14,19,24,26,31-32H,9,12,15-18,20H2,(H3,29,30)/t24-/m1/s1. The van der Waals surface area contributed by atoms with E-state index in [-0.39, 0.29) is 22.9 Å². The average Bonchev–Trinajstić information content (AvgIpc) is 2.89. The molecule has 3 aromatic rings. The van der Waals surface area contributed by atoms with Gasteiger partial charge in [-0.15, -0.1) is 0 Å². The lowest BCUT2D eigenvalue weighted by atomic mass is 9.98. The molecule has 0 spiro atoms. The van der Waals surface area contributed by atoms with Gasteiger partial charge in [0.2, 0.25) is 10.0 Å². The summed E-state index contributed by atoms with van der Waals surface area (Å²) in [4.78, 5) is 0.249. The predicted molar refractivity (Wildman–Crippen MR) is 143 cm³/mol. The summed E-state index contributed by atoms with van der Waals surface area (Å²) < 4.78 is 35.2. The van der Waals surface area contributed by atoms with E-state index in [1.165, 1.54) is 0 Å². The zero-order valence-electron chi connectivity index (χ0n) is 20.3. The molecule has 0 saturated carbocycles. The van der Waals surface area contributed by atoms with Crippen molar-refractivity contribution >= 4 is 15.9 Å². The Kier molecular flexibility index (Phi) is 8.74. The van der Waals surface area contributed by atoms with Crippen LogP contribution >= 0.6 is 0 Å². The summed E-state index contributed by atoms with van der Waals surface area (Å²) in [5, 5.41) is 11.0. The van der Waals surface area contributed by atoms with Crippen molar-refractivity contribution in [3.63, 3.8) is 0 Å². The molecule has 7 nitrogen and oxygen atoms in total. The minimum absolute atomic E-state index is 0.0185. The summed E-state index contributed by atoms with van der Waals surface area (Å²) in [7, 11) is -3.67. The molecule has 0 amide bonds. The van der Waals surface area contributed by atoms with Crippen LogP contribution in [0.3, 0.4) is 0 Å². The van der Waals surface area contributed by atoms with Gasteiger partial charge in [-0.1, -0.05) is 48.5 Å². The van der Waals surface area contributed by atoms with Gasteiger partial charge in [0.15, 0.2) is 0 Å². The highest BCUT2D eigenvalue weighted by Crippen LogP contribution is 2.20. The van der Waals surface area contributed by atoms with Gasteiger partial charge in [0.25, 0.3) is 0 Å². The molecule has 5 N–H and O–H groups in total. The Morgan fingerprint density at radius 3 is 2.42 bits per heavy atom. The average molecular weight is 507 g/mol. The van der Waals surface area contributed by atoms with E-state index in [1.54, 1.807) is 36.4 Å². The van der Waals surface area contributed by atoms with Crippen molar-refractivity contribution in [2.24, 2.45) is 5.73 Å². The van der Waals surface area contributed by atoms with E-state index in [2.05, 4.69) is 10.0 Å². The maximum Gasteiger partial charge on any atom is 0.240 e. The molecular formula is C28H34N4O3S. The molecule has 1 atom stereocenters. The predicted octanol–water partition coefficient (Wildman–Crippen LogP) is 3.62. The summed E-state index contributed by atoms with van der Waals surface area (Å²) in [5.41, 5.74) is 8.35. The van der Waals surface area contributed by atoms with Crippen LogP contribution in [-0.2, 0) is 22.9 Å². The van der Waals surface area contributed by atoms with Crippen LogP contribution in [-0.4, -0.2) is 39.5 Å². The Bertz CT molecular complexity index is 1240. The van der Waals surface area contributed by atoms with Crippen molar-refractivity contribution in [1.82, 2.24) is 10.0 Å². The second kappa shape index (κ2) is 12.2. The molecule has 3 aromatic carbocycles. The topological polar surface area (TPSA) is 117 Å². The maximum absolute atomic E-state index is 13.1. The first-order valence-corrected chi connectivity index (χ1v) is 13.8. The van der Waals surface area contributed by atoms with E-state index in [9.17, 15) is 8.42 Å². The quantitative estimate of drug-likeness (QED) is 0.234. The van der Waals surface area contributed by atoms with Gasteiger partial charge in [0.05, 0.1) is 4.90 Å². The number of sulfonamides is 1. The first-order chi connectivity index (χ1) is 17.4. The van der Waals surface area contributed by atoms with Gasteiger partial charge >= 0.3 is 0 Å². The minimum Gasteiger partial charge on any atom is -0.490 e. The minimum atomic E-state index is -3.67. The normalized spacial score (nSPS) is 15.3. The summed E-state index contributed by atoms with van der Waals surface area (Å²) in [5.74, 6) is 0.859. The van der Waals surface area contributed by atoms with Crippen LogP contribution in [0.5, 0.6) is 5.75 Å². The van der Waals surface area contributed by atoms with Gasteiger partial charge < -0.3 is 15.8 Å². The number of benzene rings is 3. The van der Waals surface area contributed by atoms with Gasteiger partial charge in [-0.05, 0) is 86.7 Å². The van der Waals surface area contributed by atoms with Crippen LogP contribution in [0.15, 0.2) is 83.8 Å². The van der Waals surface area contributed by atoms with E-state index in [4.69, 9.17) is 15.9 Å². The highest BCUT2D eigenvalue weighted by atomic mass is 32.2. The molecule has 0 unspecified atom stereocenters. The number of nitrogens with two attached hydrogens (primary N) is 1. The van der Waals surface area contributed by atoms with Gasteiger partial charge in [0, 0.05) is 11.6 Å². The molecule has 1 fully saturated rings. The number of hydrogen-bond acceptors (Lipinski definition) is 5. The number of nitrogen functional groups attached to an aromatic ring is 1. The lowest BCUT2D eigenvalue weighted by Crippen LogP contribution is -2.37. The van der Waals surface area contributed by atoms with Crippen molar-refractivity contribution in [1.29, 1.82) is 5.41 Å². The van der Waals surface area contributed by atoms with Crippen molar-refractivity contribution < 1.29 is 13.2 Å². The lowest BCUT2D eigenvalue weighted by Gasteiger charge is -2.24. The first-order valence-electron chi connectivity index (χ1n) is 12.4. The molecule has 190 valence electrons. The van der Waals surface area contributed by atoms with E-state index in [0.29, 0.717) is 24.8 Å². The highest BCUT2D eigenvalue weighted by molar-refractivity contribution is 7.89. The summed E-state index contributed by atoms with van der Waals surface area (Å²) in [6, 6.07) is 23.6. The molecule has 4 rings (SSSR count). The Morgan fingerprint density at radius 1 is 1.00 bits per heavy atom. The Balaban J connectivity index is 1.47. The fourth-order valence-corrected chi connectivity index (χ4v) is 5.71. The zero-order chi connectivity index (χ0) is 25.4. The molecule has 0 bridgehead atoms. The smallest absolute Gasteiger partial charge is 0.240 e. The zero-order valence-corrected chi connectivity index (χ0v) is 21.1. The van der Waals surface area contributed by atoms with Crippen LogP contribution < -0.4 is 20.5 Å². The second-order valence-corrected chi connectivity index (χ2v) is 10.9. The van der Waals surface area contributed by atoms with Gasteiger partial charge in [-0.2, -0.15) is 0 Å². The summed E-state index contributed by atoms with van der Waals surface area (Å²) in [6.45, 7) is 1.95. The number of hydrogen-bond donors (Lipinski definition) is 4. The molecular weight excluding hydrogens is 472 g/mol. The molecule has 1 heterocycles. The third-order valence-corrected chi connectivity index (χ3v) is 7.93. The van der Waals surface area contributed by atoms with Crippen LogP contribution in [0.1, 0.15) is 36.0 Å². The molecule has 1 saturated heterocycles.